The van der Waals surface area contributed by atoms with Gasteiger partial charge in [0.2, 0.25) is 11.8 Å². The van der Waals surface area contributed by atoms with E-state index in [1.165, 1.54) is 15.9 Å². The summed E-state index contributed by atoms with van der Waals surface area (Å²) >= 11 is 2.79. The number of carbonyl (C=O) groups is 2. The fraction of sp³-hybridized carbons (Fsp3) is 0.455. The highest BCUT2D eigenvalue weighted by atomic mass is 32.1. The molecule has 4 heterocycles. The van der Waals surface area contributed by atoms with E-state index < -0.39 is 11.2 Å². The number of hydrogen-bond acceptors (Lipinski definition) is 6. The molecule has 0 atom stereocenters. The fourth-order valence-electron chi connectivity index (χ4n) is 3.94. The van der Waals surface area contributed by atoms with E-state index in [4.69, 9.17) is 0 Å². The van der Waals surface area contributed by atoms with Gasteiger partial charge in [0.05, 0.1) is 12.1 Å². The molecule has 1 aliphatic heterocycles. The van der Waals surface area contributed by atoms with Crippen molar-refractivity contribution in [2.45, 2.75) is 51.7 Å². The van der Waals surface area contributed by atoms with E-state index >= 15 is 0 Å². The van der Waals surface area contributed by atoms with Crippen LogP contribution in [0.5, 0.6) is 0 Å². The molecule has 4 rings (SSSR count). The van der Waals surface area contributed by atoms with E-state index in [-0.39, 0.29) is 31.3 Å². The minimum Gasteiger partial charge on any atom is -0.351 e. The van der Waals surface area contributed by atoms with Crippen molar-refractivity contribution in [1.29, 1.82) is 0 Å². The number of aromatic nitrogens is 2. The summed E-state index contributed by atoms with van der Waals surface area (Å²) in [5.74, 6) is -0.344. The Kier molecular flexibility index (Phi) is 7.21. The zero-order valence-electron chi connectivity index (χ0n) is 17.7. The Labute approximate surface area is 193 Å². The summed E-state index contributed by atoms with van der Waals surface area (Å²) in [6, 6.07) is 5.55. The standard InChI is InChI=1S/C22H26N4O4S2/c27-18(23-14-16-6-5-12-31-16)7-11-25-21(29)20-17(8-13-32-20)26(22(25)30)15-19(28)24-9-3-1-2-4-10-24/h5-6,8,12-13H,1-4,7,9-11,14-15H2,(H,23,27). The van der Waals surface area contributed by atoms with Gasteiger partial charge in [0.15, 0.2) is 0 Å². The van der Waals surface area contributed by atoms with Gasteiger partial charge < -0.3 is 10.2 Å². The van der Waals surface area contributed by atoms with Crippen LogP contribution >= 0.6 is 22.7 Å². The van der Waals surface area contributed by atoms with Gasteiger partial charge in [0.1, 0.15) is 11.2 Å². The van der Waals surface area contributed by atoms with Crippen LogP contribution in [0.1, 0.15) is 37.0 Å². The van der Waals surface area contributed by atoms with Crippen LogP contribution in [-0.4, -0.2) is 38.9 Å². The Balaban J connectivity index is 1.52. The number of amides is 2. The topological polar surface area (TPSA) is 93.4 Å². The molecular weight excluding hydrogens is 448 g/mol. The zero-order valence-corrected chi connectivity index (χ0v) is 19.4. The van der Waals surface area contributed by atoms with E-state index in [9.17, 15) is 19.2 Å². The van der Waals surface area contributed by atoms with Crippen LogP contribution in [-0.2, 0) is 29.2 Å². The lowest BCUT2D eigenvalue weighted by atomic mass is 10.2. The Morgan fingerprint density at radius 3 is 2.47 bits per heavy atom. The number of rotatable bonds is 7. The van der Waals surface area contributed by atoms with Crippen LogP contribution in [0.2, 0.25) is 0 Å². The second-order valence-corrected chi connectivity index (χ2v) is 9.81. The van der Waals surface area contributed by atoms with Gasteiger partial charge >= 0.3 is 5.69 Å². The van der Waals surface area contributed by atoms with Gasteiger partial charge in [-0.05, 0) is 35.7 Å². The van der Waals surface area contributed by atoms with Crippen molar-refractivity contribution in [1.82, 2.24) is 19.4 Å². The van der Waals surface area contributed by atoms with Crippen LogP contribution in [0.15, 0.2) is 38.5 Å². The van der Waals surface area contributed by atoms with Crippen LogP contribution < -0.4 is 16.6 Å². The Bertz CT molecular complexity index is 1200. The number of nitrogens with zero attached hydrogens (tertiary/aromatic N) is 3. The summed E-state index contributed by atoms with van der Waals surface area (Å²) in [7, 11) is 0. The smallest absolute Gasteiger partial charge is 0.332 e. The lowest BCUT2D eigenvalue weighted by Crippen LogP contribution is -2.44. The van der Waals surface area contributed by atoms with Gasteiger partial charge in [-0.1, -0.05) is 18.9 Å². The SMILES string of the molecule is O=C(CCn1c(=O)c2sccc2n(CC(=O)N2CCCCCC2)c1=O)NCc1cccs1. The molecule has 1 N–H and O–H groups in total. The van der Waals surface area contributed by atoms with Gasteiger partial charge in [0, 0.05) is 30.9 Å². The maximum Gasteiger partial charge on any atom is 0.332 e. The molecule has 0 aromatic carbocycles. The molecule has 0 unspecified atom stereocenters. The molecule has 1 saturated heterocycles. The Hall–Kier alpha value is -2.72. The van der Waals surface area contributed by atoms with Crippen molar-refractivity contribution in [2.24, 2.45) is 0 Å². The average Bonchev–Trinajstić information content (AvgIpc) is 3.41. The molecule has 0 saturated carbocycles. The van der Waals surface area contributed by atoms with E-state index in [2.05, 4.69) is 5.32 Å². The fourth-order valence-corrected chi connectivity index (χ4v) is 5.43. The third kappa shape index (κ3) is 5.02. The second kappa shape index (κ2) is 10.3. The van der Waals surface area contributed by atoms with Crippen molar-refractivity contribution < 1.29 is 9.59 Å². The van der Waals surface area contributed by atoms with Crippen molar-refractivity contribution in [3.8, 4) is 0 Å². The zero-order chi connectivity index (χ0) is 22.5. The highest BCUT2D eigenvalue weighted by molar-refractivity contribution is 7.17. The maximum atomic E-state index is 13.2. The predicted molar refractivity (Wildman–Crippen MR) is 126 cm³/mol. The van der Waals surface area contributed by atoms with Crippen LogP contribution in [0.4, 0.5) is 0 Å². The molecule has 2 amide bonds. The summed E-state index contributed by atoms with van der Waals surface area (Å²) < 4.78 is 2.88. The van der Waals surface area contributed by atoms with Gasteiger partial charge in [-0.2, -0.15) is 0 Å². The van der Waals surface area contributed by atoms with E-state index in [0.717, 1.165) is 35.1 Å². The monoisotopic (exact) mass is 474 g/mol. The summed E-state index contributed by atoms with van der Waals surface area (Å²) in [6.07, 6.45) is 4.16. The third-order valence-corrected chi connectivity index (χ3v) is 7.46. The number of likely N-dealkylation sites (tertiary alicyclic amines) is 1. The molecule has 0 aliphatic carbocycles. The molecular formula is C22H26N4O4S2. The second-order valence-electron chi connectivity index (χ2n) is 7.86. The van der Waals surface area contributed by atoms with E-state index in [1.54, 1.807) is 22.8 Å². The van der Waals surface area contributed by atoms with Crippen molar-refractivity contribution in [3.63, 3.8) is 0 Å². The first-order valence-electron chi connectivity index (χ1n) is 10.8. The molecule has 0 bridgehead atoms. The molecule has 32 heavy (non-hydrogen) atoms. The van der Waals surface area contributed by atoms with Gasteiger partial charge in [-0.25, -0.2) is 4.79 Å². The third-order valence-electron chi connectivity index (χ3n) is 5.69. The molecule has 3 aromatic rings. The molecule has 10 heteroatoms. The molecule has 0 spiro atoms. The quantitative estimate of drug-likeness (QED) is 0.569. The normalized spacial score (nSPS) is 14.4. The maximum absolute atomic E-state index is 13.2. The van der Waals surface area contributed by atoms with E-state index in [1.807, 2.05) is 22.4 Å². The van der Waals surface area contributed by atoms with Crippen molar-refractivity contribution in [3.05, 3.63) is 54.7 Å². The average molecular weight is 475 g/mol. The first kappa shape index (κ1) is 22.5. The van der Waals surface area contributed by atoms with Crippen molar-refractivity contribution in [2.75, 3.05) is 13.1 Å². The first-order valence-corrected chi connectivity index (χ1v) is 12.6. The van der Waals surface area contributed by atoms with E-state index in [0.29, 0.717) is 29.9 Å². The van der Waals surface area contributed by atoms with Gasteiger partial charge in [0.25, 0.3) is 5.56 Å². The minimum atomic E-state index is -0.546. The minimum absolute atomic E-state index is 0.0114. The summed E-state index contributed by atoms with van der Waals surface area (Å²) in [6.45, 7) is 1.69. The highest BCUT2D eigenvalue weighted by Crippen LogP contribution is 2.16. The number of carbonyl (C=O) groups excluding carboxylic acids is 2. The van der Waals surface area contributed by atoms with Crippen LogP contribution in [0.25, 0.3) is 10.2 Å². The summed E-state index contributed by atoms with van der Waals surface area (Å²) in [5, 5.41) is 6.49. The molecule has 1 fully saturated rings. The van der Waals surface area contributed by atoms with Crippen LogP contribution in [0.3, 0.4) is 0 Å². The van der Waals surface area contributed by atoms with Crippen LogP contribution in [0, 0.1) is 0 Å². The molecule has 3 aromatic heterocycles. The number of hydrogen-bond donors (Lipinski definition) is 1. The lowest BCUT2D eigenvalue weighted by Gasteiger charge is -2.21. The molecule has 170 valence electrons. The Morgan fingerprint density at radius 1 is 0.969 bits per heavy atom. The number of nitrogens with one attached hydrogen (secondary N) is 1. The van der Waals surface area contributed by atoms with Gasteiger partial charge in [-0.3, -0.25) is 23.5 Å². The molecule has 0 radical (unpaired) electrons. The molecule has 1 aliphatic rings. The van der Waals surface area contributed by atoms with Crippen molar-refractivity contribution >= 4 is 44.7 Å². The Morgan fingerprint density at radius 2 is 1.75 bits per heavy atom. The number of thiophene rings is 2. The highest BCUT2D eigenvalue weighted by Gasteiger charge is 2.20. The predicted octanol–water partition coefficient (Wildman–Crippen LogP) is 2.40. The largest absolute Gasteiger partial charge is 0.351 e. The number of fused-ring (bicyclic) bond motifs is 1. The summed E-state index contributed by atoms with van der Waals surface area (Å²) in [5.41, 5.74) is -0.480. The first-order chi connectivity index (χ1) is 15.5. The van der Waals surface area contributed by atoms with Gasteiger partial charge in [-0.15, -0.1) is 22.7 Å². The summed E-state index contributed by atoms with van der Waals surface area (Å²) in [4.78, 5) is 54.1. The lowest BCUT2D eigenvalue weighted by molar-refractivity contribution is -0.131. The molecule has 8 nitrogen and oxygen atoms in total.